The summed E-state index contributed by atoms with van der Waals surface area (Å²) in [5.74, 6) is -5.19. The Kier molecular flexibility index (Phi) is 9.89. The Hall–Kier alpha value is -3.42. The number of rotatable bonds is 11. The van der Waals surface area contributed by atoms with Crippen molar-refractivity contribution in [3.63, 3.8) is 0 Å². The Morgan fingerprint density at radius 1 is 1.26 bits per heavy atom. The molecule has 3 aromatic rings. The summed E-state index contributed by atoms with van der Waals surface area (Å²) in [5.41, 5.74) is -1.66. The number of aliphatic hydroxyl groups is 1. The Balaban J connectivity index is 1.70. The zero-order chi connectivity index (χ0) is 28.0. The number of aryl methyl sites for hydroxylation is 1. The minimum Gasteiger partial charge on any atom is -0.507 e. The number of aromatic hydroxyl groups is 1. The number of ketones is 1. The number of thiazole rings is 1. The molecule has 0 spiro atoms. The van der Waals surface area contributed by atoms with Gasteiger partial charge in [-0.25, -0.2) is 18.4 Å². The topological polar surface area (TPSA) is 136 Å². The van der Waals surface area contributed by atoms with Gasteiger partial charge >= 0.3 is 11.6 Å². The number of halogens is 3. The van der Waals surface area contributed by atoms with E-state index in [4.69, 9.17) is 9.15 Å². The van der Waals surface area contributed by atoms with Gasteiger partial charge in [0.05, 0.1) is 17.9 Å². The molecule has 0 saturated carbocycles. The molecule has 9 nitrogen and oxygen atoms in total. The Morgan fingerprint density at radius 2 is 2.00 bits per heavy atom. The van der Waals surface area contributed by atoms with Crippen LogP contribution in [0.5, 0.6) is 16.7 Å². The second kappa shape index (κ2) is 12.9. The molecule has 13 heteroatoms. The number of nitrogens with zero attached hydrogens (tertiary/aromatic N) is 1. The summed E-state index contributed by atoms with van der Waals surface area (Å²) in [6, 6.07) is 4.07. The van der Waals surface area contributed by atoms with Crippen LogP contribution < -0.4 is 10.4 Å². The fraction of sp³-hybridized carbons (Fsp3) is 0.280. The summed E-state index contributed by atoms with van der Waals surface area (Å²) < 4.78 is 41.8. The normalized spacial score (nSPS) is 12.9. The first-order valence-corrected chi connectivity index (χ1v) is 12.7. The molecule has 0 amide bonds. The summed E-state index contributed by atoms with van der Waals surface area (Å²) in [7, 11) is 1.26. The van der Waals surface area contributed by atoms with Gasteiger partial charge < -0.3 is 24.1 Å². The summed E-state index contributed by atoms with van der Waals surface area (Å²) in [6.45, 7) is 1.36. The third-order valence-electron chi connectivity index (χ3n) is 5.32. The molecule has 2 unspecified atom stereocenters. The molecule has 2 heterocycles. The number of carbonyl (C=O) groups is 2. The third-order valence-corrected chi connectivity index (χ3v) is 7.19. The first-order chi connectivity index (χ1) is 18.0. The summed E-state index contributed by atoms with van der Waals surface area (Å²) in [6.07, 6.45) is 2.63. The number of carbonyl (C=O) groups excluding carboxylic acids is 2. The molecule has 3 rings (SSSR count). The third kappa shape index (κ3) is 7.11. The van der Waals surface area contributed by atoms with Gasteiger partial charge in [-0.2, -0.15) is 4.98 Å². The number of hydrogen-bond acceptors (Lipinski definition) is 10. The quantitative estimate of drug-likeness (QED) is 0.129. The van der Waals surface area contributed by atoms with E-state index in [0.717, 1.165) is 29.5 Å². The van der Waals surface area contributed by atoms with Gasteiger partial charge in [-0.1, -0.05) is 24.3 Å². The van der Waals surface area contributed by atoms with Crippen LogP contribution in [-0.2, 0) is 16.0 Å². The van der Waals surface area contributed by atoms with Gasteiger partial charge in [0.15, 0.2) is 17.4 Å². The van der Waals surface area contributed by atoms with E-state index >= 15 is 0 Å². The van der Waals surface area contributed by atoms with Crippen LogP contribution in [0.3, 0.4) is 0 Å². The van der Waals surface area contributed by atoms with Crippen molar-refractivity contribution in [2.24, 2.45) is 5.92 Å². The lowest BCUT2D eigenvalue weighted by atomic mass is 9.94. The van der Waals surface area contributed by atoms with Crippen molar-refractivity contribution in [3.8, 4) is 16.7 Å². The van der Waals surface area contributed by atoms with E-state index in [2.05, 4.69) is 25.7 Å². The molecule has 38 heavy (non-hydrogen) atoms. The standard InChI is InChI=1S/C25H22BrF2NO8S/c1-12(21(33)22-23(26)29-25(38-22)37-14-8-9-15(27)16(28)10-14)20(32)19-17(30)11-13(36-24(19)34)6-4-3-5-7-18(31)35-2/h5,7-12,21,30,33H,3-4,6H2,1-2H3/b7-5+. The van der Waals surface area contributed by atoms with Crippen LogP contribution in [0.4, 0.5) is 8.78 Å². The predicted molar refractivity (Wildman–Crippen MR) is 135 cm³/mol. The van der Waals surface area contributed by atoms with Crippen molar-refractivity contribution in [1.29, 1.82) is 0 Å². The molecular formula is C25H22BrF2NO8S. The molecule has 0 aliphatic heterocycles. The zero-order valence-electron chi connectivity index (χ0n) is 20.1. The van der Waals surface area contributed by atoms with E-state index in [0.29, 0.717) is 12.8 Å². The van der Waals surface area contributed by atoms with E-state index < -0.39 is 52.3 Å². The molecule has 0 saturated heterocycles. The zero-order valence-corrected chi connectivity index (χ0v) is 22.5. The molecule has 0 aliphatic rings. The van der Waals surface area contributed by atoms with E-state index in [1.54, 1.807) is 6.08 Å². The van der Waals surface area contributed by atoms with Gasteiger partial charge in [0.25, 0.3) is 5.19 Å². The Bertz CT molecular complexity index is 1420. The van der Waals surface area contributed by atoms with Crippen molar-refractivity contribution >= 4 is 39.0 Å². The molecule has 0 bridgehead atoms. The van der Waals surface area contributed by atoms with Gasteiger partial charge in [-0.15, -0.1) is 0 Å². The maximum atomic E-state index is 13.4. The monoisotopic (exact) mass is 613 g/mol. The maximum Gasteiger partial charge on any atom is 0.350 e. The largest absolute Gasteiger partial charge is 0.507 e. The lowest BCUT2D eigenvalue weighted by molar-refractivity contribution is -0.134. The second-order valence-electron chi connectivity index (χ2n) is 7.99. The molecule has 0 fully saturated rings. The SMILES string of the molecule is COC(=O)/C=C/CCCc1cc(O)c(C(=O)C(C)C(O)c2sc(Oc3ccc(F)c(F)c3)nc2Br)c(=O)o1. The van der Waals surface area contributed by atoms with Crippen LogP contribution in [-0.4, -0.2) is 34.1 Å². The molecule has 2 aromatic heterocycles. The molecule has 0 radical (unpaired) electrons. The van der Waals surface area contributed by atoms with Gasteiger partial charge in [-0.05, 0) is 40.9 Å². The van der Waals surface area contributed by atoms with Crippen LogP contribution in [0.25, 0.3) is 0 Å². The van der Waals surface area contributed by atoms with Gasteiger partial charge in [0, 0.05) is 24.6 Å². The first-order valence-electron chi connectivity index (χ1n) is 11.1. The minimum absolute atomic E-state index is 0.0234. The summed E-state index contributed by atoms with van der Waals surface area (Å²) >= 11 is 4.01. The highest BCUT2D eigenvalue weighted by Gasteiger charge is 2.32. The second-order valence-corrected chi connectivity index (χ2v) is 9.73. The van der Waals surface area contributed by atoms with Crippen molar-refractivity contribution in [2.75, 3.05) is 7.11 Å². The first kappa shape index (κ1) is 29.1. The average molecular weight is 614 g/mol. The number of aliphatic hydroxyl groups excluding tert-OH is 1. The number of ether oxygens (including phenoxy) is 2. The van der Waals surface area contributed by atoms with Crippen LogP contribution >= 0.6 is 27.3 Å². The molecule has 0 aliphatic carbocycles. The van der Waals surface area contributed by atoms with E-state index in [-0.39, 0.29) is 32.6 Å². The van der Waals surface area contributed by atoms with Gasteiger partial charge in [-0.3, -0.25) is 4.79 Å². The lowest BCUT2D eigenvalue weighted by Gasteiger charge is -2.16. The Labute approximate surface area is 227 Å². The van der Waals surface area contributed by atoms with Crippen LogP contribution in [0.2, 0.25) is 0 Å². The maximum absolute atomic E-state index is 13.4. The van der Waals surface area contributed by atoms with E-state index in [1.807, 2.05) is 0 Å². The highest BCUT2D eigenvalue weighted by atomic mass is 79.9. The number of benzene rings is 1. The highest BCUT2D eigenvalue weighted by molar-refractivity contribution is 9.10. The fourth-order valence-corrected chi connectivity index (χ4v) is 4.95. The van der Waals surface area contributed by atoms with Crippen molar-refractivity contribution in [2.45, 2.75) is 32.3 Å². The van der Waals surface area contributed by atoms with Crippen molar-refractivity contribution in [3.05, 3.63) is 79.3 Å². The molecule has 202 valence electrons. The van der Waals surface area contributed by atoms with Crippen molar-refractivity contribution in [1.82, 2.24) is 4.98 Å². The number of esters is 1. The molecule has 2 atom stereocenters. The van der Waals surface area contributed by atoms with Crippen LogP contribution in [0.1, 0.15) is 46.9 Å². The summed E-state index contributed by atoms with van der Waals surface area (Å²) in [5, 5.41) is 21.2. The average Bonchev–Trinajstić information content (AvgIpc) is 3.24. The number of unbranched alkanes of at least 4 members (excludes halogenated alkanes) is 1. The van der Waals surface area contributed by atoms with Crippen molar-refractivity contribution < 1.29 is 42.5 Å². The van der Waals surface area contributed by atoms with Crippen LogP contribution in [0.15, 0.2) is 50.2 Å². The minimum atomic E-state index is -1.46. The van der Waals surface area contributed by atoms with Gasteiger partial charge in [0.1, 0.15) is 33.5 Å². The van der Waals surface area contributed by atoms with E-state index in [9.17, 15) is 33.4 Å². The smallest absolute Gasteiger partial charge is 0.350 e. The summed E-state index contributed by atoms with van der Waals surface area (Å²) in [4.78, 5) is 40.8. The molecule has 2 N–H and O–H groups in total. The number of allylic oxidation sites excluding steroid dienone is 1. The van der Waals surface area contributed by atoms with Crippen LogP contribution in [0, 0.1) is 17.6 Å². The molecule has 1 aromatic carbocycles. The number of Topliss-reactive ketones (excluding diaryl/α,β-unsaturated/α-hetero) is 1. The van der Waals surface area contributed by atoms with E-state index in [1.165, 1.54) is 26.2 Å². The Morgan fingerprint density at radius 3 is 2.66 bits per heavy atom. The number of aromatic nitrogens is 1. The highest BCUT2D eigenvalue weighted by Crippen LogP contribution is 2.39. The molecular weight excluding hydrogens is 592 g/mol. The lowest BCUT2D eigenvalue weighted by Crippen LogP contribution is -2.25. The number of hydrogen-bond donors (Lipinski definition) is 2. The number of methoxy groups -OCH3 is 1. The van der Waals surface area contributed by atoms with Gasteiger partial charge in [0.2, 0.25) is 0 Å². The predicted octanol–water partition coefficient (Wildman–Crippen LogP) is 5.24. The fourth-order valence-electron chi connectivity index (χ4n) is 3.28.